The van der Waals surface area contributed by atoms with Gasteiger partial charge in [-0.1, -0.05) is 6.92 Å². The molecule has 0 spiro atoms. The largest absolute Gasteiger partial charge is 0.326 e. The molecule has 2 atom stereocenters. The summed E-state index contributed by atoms with van der Waals surface area (Å²) >= 11 is 0. The first-order valence-electron chi connectivity index (χ1n) is 7.12. The van der Waals surface area contributed by atoms with Gasteiger partial charge in [-0.2, -0.15) is 0 Å². The van der Waals surface area contributed by atoms with E-state index in [0.717, 1.165) is 18.3 Å². The molecule has 0 radical (unpaired) electrons. The minimum absolute atomic E-state index is 0.0209. The van der Waals surface area contributed by atoms with Gasteiger partial charge in [0.15, 0.2) is 11.6 Å². The molecule has 0 aliphatic heterocycles. The third-order valence-corrected chi connectivity index (χ3v) is 3.91. The van der Waals surface area contributed by atoms with Crippen LogP contribution in [-0.2, 0) is 6.54 Å². The van der Waals surface area contributed by atoms with Gasteiger partial charge in [0.25, 0.3) is 0 Å². The lowest BCUT2D eigenvalue weighted by atomic mass is 10.2. The molecule has 2 rings (SSSR count). The Balaban J connectivity index is 2.62. The Bertz CT molecular complexity index is 636. The van der Waals surface area contributed by atoms with Crippen LogP contribution in [0.1, 0.15) is 32.1 Å². The van der Waals surface area contributed by atoms with Crippen molar-refractivity contribution < 1.29 is 8.78 Å². The second-order valence-corrected chi connectivity index (χ2v) is 5.64. The topological polar surface area (TPSA) is 47.1 Å². The first kappa shape index (κ1) is 15.9. The first-order valence-corrected chi connectivity index (χ1v) is 7.12. The lowest BCUT2D eigenvalue weighted by Gasteiger charge is -2.22. The Morgan fingerprint density at radius 3 is 2.48 bits per heavy atom. The first-order chi connectivity index (χ1) is 9.85. The molecule has 2 unspecified atom stereocenters. The van der Waals surface area contributed by atoms with E-state index in [1.165, 1.54) is 6.07 Å². The Hall–Kier alpha value is -1.53. The Kier molecular flexibility index (Phi) is 4.58. The highest BCUT2D eigenvalue weighted by Crippen LogP contribution is 2.25. The Morgan fingerprint density at radius 2 is 1.90 bits per heavy atom. The zero-order valence-electron chi connectivity index (χ0n) is 12.9. The third-order valence-electron chi connectivity index (χ3n) is 3.91. The fourth-order valence-electron chi connectivity index (χ4n) is 2.24. The van der Waals surface area contributed by atoms with Crippen LogP contribution in [0.15, 0.2) is 12.1 Å². The number of hydrogen-bond acceptors (Lipinski definition) is 3. The molecule has 0 bridgehead atoms. The Labute approximate surface area is 123 Å². The SMILES string of the molecule is CCC(N)Cn1c(C(C)N(C)C)nc2cc(F)c(F)cc21. The van der Waals surface area contributed by atoms with E-state index in [2.05, 4.69) is 4.98 Å². The van der Waals surface area contributed by atoms with Crippen molar-refractivity contribution in [3.05, 3.63) is 29.6 Å². The molecule has 0 fully saturated rings. The van der Waals surface area contributed by atoms with E-state index in [-0.39, 0.29) is 12.1 Å². The van der Waals surface area contributed by atoms with E-state index in [4.69, 9.17) is 5.73 Å². The van der Waals surface area contributed by atoms with Gasteiger partial charge < -0.3 is 10.3 Å². The lowest BCUT2D eigenvalue weighted by molar-refractivity contribution is 0.299. The second kappa shape index (κ2) is 6.07. The number of fused-ring (bicyclic) bond motifs is 1. The number of halogens is 2. The maximum atomic E-state index is 13.6. The van der Waals surface area contributed by atoms with Crippen molar-refractivity contribution in [1.82, 2.24) is 14.5 Å². The van der Waals surface area contributed by atoms with Crippen LogP contribution in [0.25, 0.3) is 11.0 Å². The summed E-state index contributed by atoms with van der Waals surface area (Å²) in [6, 6.07) is 2.31. The van der Waals surface area contributed by atoms with Crippen molar-refractivity contribution in [1.29, 1.82) is 0 Å². The highest BCUT2D eigenvalue weighted by Gasteiger charge is 2.20. The standard InChI is InChI=1S/C15H22F2N4/c1-5-10(18)8-21-14-7-12(17)11(16)6-13(14)19-15(21)9(2)20(3)4/h6-7,9-10H,5,8,18H2,1-4H3. The van der Waals surface area contributed by atoms with Crippen molar-refractivity contribution in [2.75, 3.05) is 14.1 Å². The van der Waals surface area contributed by atoms with Gasteiger partial charge in [-0.05, 0) is 27.4 Å². The highest BCUT2D eigenvalue weighted by molar-refractivity contribution is 5.76. The number of nitrogens with two attached hydrogens (primary N) is 1. The summed E-state index contributed by atoms with van der Waals surface area (Å²) < 4.78 is 28.9. The minimum atomic E-state index is -0.879. The van der Waals surface area contributed by atoms with Crippen LogP contribution in [0, 0.1) is 11.6 Å². The summed E-state index contributed by atoms with van der Waals surface area (Å²) in [7, 11) is 3.88. The van der Waals surface area contributed by atoms with E-state index in [1.54, 1.807) is 0 Å². The van der Waals surface area contributed by atoms with Gasteiger partial charge >= 0.3 is 0 Å². The average molecular weight is 296 g/mol. The summed E-state index contributed by atoms with van der Waals surface area (Å²) in [6.45, 7) is 4.53. The van der Waals surface area contributed by atoms with Crippen LogP contribution >= 0.6 is 0 Å². The molecule has 6 heteroatoms. The number of aromatic nitrogens is 2. The van der Waals surface area contributed by atoms with E-state index in [1.807, 2.05) is 37.4 Å². The summed E-state index contributed by atoms with van der Waals surface area (Å²) in [5, 5.41) is 0. The molecule has 21 heavy (non-hydrogen) atoms. The van der Waals surface area contributed by atoms with Gasteiger partial charge in [-0.15, -0.1) is 0 Å². The summed E-state index contributed by atoms with van der Waals surface area (Å²) in [4.78, 5) is 6.48. The summed E-state index contributed by atoms with van der Waals surface area (Å²) in [5.74, 6) is -0.974. The maximum absolute atomic E-state index is 13.6. The quantitative estimate of drug-likeness (QED) is 0.923. The molecule has 1 heterocycles. The molecule has 0 aliphatic rings. The van der Waals surface area contributed by atoms with Crippen LogP contribution in [-0.4, -0.2) is 34.6 Å². The van der Waals surface area contributed by atoms with Gasteiger partial charge in [0, 0.05) is 24.7 Å². The number of imidazole rings is 1. The van der Waals surface area contributed by atoms with Crippen LogP contribution < -0.4 is 5.73 Å². The molecule has 0 aliphatic carbocycles. The summed E-state index contributed by atoms with van der Waals surface area (Å²) in [5.41, 5.74) is 7.08. The average Bonchev–Trinajstić information content (AvgIpc) is 2.76. The number of rotatable bonds is 5. The fourth-order valence-corrected chi connectivity index (χ4v) is 2.24. The lowest BCUT2D eigenvalue weighted by Crippen LogP contribution is -2.28. The smallest absolute Gasteiger partial charge is 0.161 e. The molecule has 0 saturated carbocycles. The van der Waals surface area contributed by atoms with Crippen LogP contribution in [0.2, 0.25) is 0 Å². The van der Waals surface area contributed by atoms with Gasteiger partial charge in [0.1, 0.15) is 5.82 Å². The van der Waals surface area contributed by atoms with E-state index < -0.39 is 11.6 Å². The molecule has 2 aromatic rings. The van der Waals surface area contributed by atoms with Crippen molar-refractivity contribution in [2.24, 2.45) is 5.73 Å². The monoisotopic (exact) mass is 296 g/mol. The van der Waals surface area contributed by atoms with Crippen LogP contribution in [0.5, 0.6) is 0 Å². The number of benzene rings is 1. The molecule has 4 nitrogen and oxygen atoms in total. The third kappa shape index (κ3) is 3.06. The van der Waals surface area contributed by atoms with Crippen molar-refractivity contribution in [3.8, 4) is 0 Å². The van der Waals surface area contributed by atoms with E-state index >= 15 is 0 Å². The summed E-state index contributed by atoms with van der Waals surface area (Å²) in [6.07, 6.45) is 0.805. The van der Waals surface area contributed by atoms with Gasteiger partial charge in [0.2, 0.25) is 0 Å². The van der Waals surface area contributed by atoms with Gasteiger partial charge in [0.05, 0.1) is 17.1 Å². The number of hydrogen-bond donors (Lipinski definition) is 1. The van der Waals surface area contributed by atoms with Crippen molar-refractivity contribution >= 4 is 11.0 Å². The van der Waals surface area contributed by atoms with Crippen molar-refractivity contribution in [3.63, 3.8) is 0 Å². The van der Waals surface area contributed by atoms with Crippen LogP contribution in [0.4, 0.5) is 8.78 Å². The number of nitrogens with zero attached hydrogens (tertiary/aromatic N) is 3. The second-order valence-electron chi connectivity index (χ2n) is 5.64. The zero-order chi connectivity index (χ0) is 15.7. The Morgan fingerprint density at radius 1 is 1.29 bits per heavy atom. The molecule has 2 N–H and O–H groups in total. The minimum Gasteiger partial charge on any atom is -0.326 e. The van der Waals surface area contributed by atoms with Gasteiger partial charge in [-0.3, -0.25) is 4.90 Å². The predicted molar refractivity (Wildman–Crippen MR) is 80.0 cm³/mol. The predicted octanol–water partition coefficient (Wildman–Crippen LogP) is 2.67. The van der Waals surface area contributed by atoms with E-state index in [0.29, 0.717) is 17.6 Å². The molecule has 1 aromatic heterocycles. The molecular weight excluding hydrogens is 274 g/mol. The molecular formula is C15H22F2N4. The van der Waals surface area contributed by atoms with Gasteiger partial charge in [-0.25, -0.2) is 13.8 Å². The molecule has 1 aromatic carbocycles. The molecule has 116 valence electrons. The zero-order valence-corrected chi connectivity index (χ0v) is 12.9. The molecule has 0 saturated heterocycles. The van der Waals surface area contributed by atoms with E-state index in [9.17, 15) is 8.78 Å². The highest BCUT2D eigenvalue weighted by atomic mass is 19.2. The fraction of sp³-hybridized carbons (Fsp3) is 0.533. The molecule has 0 amide bonds. The maximum Gasteiger partial charge on any atom is 0.161 e. The van der Waals surface area contributed by atoms with Crippen LogP contribution in [0.3, 0.4) is 0 Å². The van der Waals surface area contributed by atoms with Crippen molar-refractivity contribution in [2.45, 2.75) is 38.9 Å². The normalized spacial score (nSPS) is 14.9.